The number of benzene rings is 1. The van der Waals surface area contributed by atoms with Crippen molar-refractivity contribution in [2.45, 2.75) is 11.2 Å². The highest BCUT2D eigenvalue weighted by Crippen LogP contribution is 2.42. The molecule has 3 rings (SSSR count). The predicted octanol–water partition coefficient (Wildman–Crippen LogP) is 0.710. The van der Waals surface area contributed by atoms with Crippen LogP contribution in [0, 0.1) is 11.6 Å². The number of ether oxygens (including phenoxy) is 2. The highest BCUT2D eigenvalue weighted by Gasteiger charge is 2.43. The van der Waals surface area contributed by atoms with Crippen LogP contribution >= 0.6 is 0 Å². The second-order valence-corrected chi connectivity index (χ2v) is 5.42. The molecule has 8 heteroatoms. The average Bonchev–Trinajstić information content (AvgIpc) is 2.86. The molecule has 0 bridgehead atoms. The van der Waals surface area contributed by atoms with Crippen molar-refractivity contribution in [2.75, 3.05) is 6.61 Å². The average molecular weight is 275 g/mol. The van der Waals surface area contributed by atoms with E-state index >= 15 is 0 Å². The first kappa shape index (κ1) is 11.6. The highest BCUT2D eigenvalue weighted by atomic mass is 32.2. The summed E-state index contributed by atoms with van der Waals surface area (Å²) in [5.74, 6) is -1.94. The molecule has 2 aliphatic rings. The highest BCUT2D eigenvalue weighted by molar-refractivity contribution is 7.89. The number of halogens is 2. The zero-order chi connectivity index (χ0) is 13.1. The van der Waals surface area contributed by atoms with Crippen molar-refractivity contribution in [1.29, 1.82) is 0 Å². The van der Waals surface area contributed by atoms with Gasteiger partial charge in [-0.25, -0.2) is 22.3 Å². The van der Waals surface area contributed by atoms with Gasteiger partial charge < -0.3 is 9.47 Å². The van der Waals surface area contributed by atoms with E-state index in [0.29, 0.717) is 11.3 Å². The Morgan fingerprint density at radius 1 is 1.28 bits per heavy atom. The van der Waals surface area contributed by atoms with Gasteiger partial charge in [-0.05, 0) is 17.7 Å². The summed E-state index contributed by atoms with van der Waals surface area (Å²) in [4.78, 5) is -1.14. The first-order valence-corrected chi connectivity index (χ1v) is 6.46. The fourth-order valence-electron chi connectivity index (χ4n) is 1.87. The van der Waals surface area contributed by atoms with Gasteiger partial charge in [0, 0.05) is 5.57 Å². The minimum absolute atomic E-state index is 0.174. The molecule has 0 saturated carbocycles. The number of hydrogen-bond acceptors (Lipinski definition) is 4. The van der Waals surface area contributed by atoms with Crippen molar-refractivity contribution in [3.8, 4) is 0 Å². The second kappa shape index (κ2) is 3.50. The van der Waals surface area contributed by atoms with Crippen molar-refractivity contribution in [3.05, 3.63) is 35.1 Å². The van der Waals surface area contributed by atoms with Crippen molar-refractivity contribution in [2.24, 2.45) is 5.14 Å². The van der Waals surface area contributed by atoms with E-state index in [9.17, 15) is 17.2 Å². The lowest BCUT2D eigenvalue weighted by Gasteiger charge is -2.07. The maximum absolute atomic E-state index is 13.6. The number of epoxide rings is 1. The molecule has 1 unspecified atom stereocenters. The van der Waals surface area contributed by atoms with E-state index in [-0.39, 0.29) is 12.2 Å². The Morgan fingerprint density at radius 3 is 2.28 bits per heavy atom. The third-order valence-corrected chi connectivity index (χ3v) is 3.66. The first-order valence-electron chi connectivity index (χ1n) is 4.91. The number of fused-ring (bicyclic) bond motifs is 1. The monoisotopic (exact) mass is 275 g/mol. The molecule has 1 fully saturated rings. The maximum Gasteiger partial charge on any atom is 0.259 e. The Labute approximate surface area is 101 Å². The van der Waals surface area contributed by atoms with Gasteiger partial charge >= 0.3 is 0 Å². The van der Waals surface area contributed by atoms with Crippen LogP contribution in [0.15, 0.2) is 22.8 Å². The summed E-state index contributed by atoms with van der Waals surface area (Å²) in [5.41, 5.74) is 0.700. The maximum atomic E-state index is 13.6. The van der Waals surface area contributed by atoms with Gasteiger partial charge in [0.2, 0.25) is 10.0 Å². The van der Waals surface area contributed by atoms with Gasteiger partial charge in [-0.2, -0.15) is 0 Å². The zero-order valence-electron chi connectivity index (χ0n) is 8.81. The molecule has 5 nitrogen and oxygen atoms in total. The Morgan fingerprint density at radius 2 is 1.89 bits per heavy atom. The minimum atomic E-state index is -4.44. The van der Waals surface area contributed by atoms with Crippen LogP contribution in [-0.4, -0.2) is 21.3 Å². The Hall–Kier alpha value is -1.51. The SMILES string of the molecule is NS(=O)(=O)c1c(F)cc(C2=C3OC3OC2)cc1F. The topological polar surface area (TPSA) is 81.9 Å². The summed E-state index contributed by atoms with van der Waals surface area (Å²) in [7, 11) is -4.44. The number of sulfonamides is 1. The molecule has 0 spiro atoms. The number of rotatable bonds is 2. The minimum Gasteiger partial charge on any atom is -0.454 e. The van der Waals surface area contributed by atoms with Crippen molar-refractivity contribution in [3.63, 3.8) is 0 Å². The van der Waals surface area contributed by atoms with Crippen LogP contribution in [0.2, 0.25) is 0 Å². The van der Waals surface area contributed by atoms with Crippen LogP contribution in [0.25, 0.3) is 5.57 Å². The molecular formula is C10H7F2NO4S. The van der Waals surface area contributed by atoms with Gasteiger partial charge in [0.25, 0.3) is 6.29 Å². The third kappa shape index (κ3) is 1.69. The zero-order valence-corrected chi connectivity index (χ0v) is 9.63. The van der Waals surface area contributed by atoms with E-state index < -0.39 is 32.8 Å². The molecule has 18 heavy (non-hydrogen) atoms. The lowest BCUT2D eigenvalue weighted by atomic mass is 10.1. The normalized spacial score (nSPS) is 21.8. The van der Waals surface area contributed by atoms with Crippen molar-refractivity contribution < 1.29 is 26.7 Å². The summed E-state index contributed by atoms with van der Waals surface area (Å²) >= 11 is 0. The van der Waals surface area contributed by atoms with E-state index in [4.69, 9.17) is 14.6 Å². The molecule has 0 aliphatic carbocycles. The second-order valence-electron chi connectivity index (χ2n) is 3.92. The van der Waals surface area contributed by atoms with Crippen LogP contribution in [0.3, 0.4) is 0 Å². The van der Waals surface area contributed by atoms with Gasteiger partial charge in [0.05, 0.1) is 6.61 Å². The number of nitrogens with two attached hydrogens (primary N) is 1. The summed E-state index contributed by atoms with van der Waals surface area (Å²) < 4.78 is 59.3. The van der Waals surface area contributed by atoms with Crippen molar-refractivity contribution in [1.82, 2.24) is 0 Å². The quantitative estimate of drug-likeness (QED) is 0.806. The molecule has 0 amide bonds. The Kier molecular flexibility index (Phi) is 2.25. The van der Waals surface area contributed by atoms with E-state index in [0.717, 1.165) is 12.1 Å². The lowest BCUT2D eigenvalue weighted by molar-refractivity contribution is 0.0729. The van der Waals surface area contributed by atoms with E-state index in [2.05, 4.69) is 0 Å². The summed E-state index contributed by atoms with van der Waals surface area (Å²) in [6.45, 7) is 0.174. The summed E-state index contributed by atoms with van der Waals surface area (Å²) in [5, 5.41) is 4.73. The van der Waals surface area contributed by atoms with Crippen LogP contribution in [-0.2, 0) is 19.5 Å². The van der Waals surface area contributed by atoms with Gasteiger partial charge in [-0.3, -0.25) is 0 Å². The van der Waals surface area contributed by atoms with Crippen LogP contribution < -0.4 is 5.14 Å². The first-order chi connectivity index (χ1) is 8.38. The van der Waals surface area contributed by atoms with E-state index in [1.165, 1.54) is 0 Å². The lowest BCUT2D eigenvalue weighted by Crippen LogP contribution is -2.16. The van der Waals surface area contributed by atoms with Gasteiger partial charge in [0.15, 0.2) is 10.7 Å². The number of primary sulfonamides is 1. The molecule has 1 aromatic carbocycles. The Balaban J connectivity index is 2.14. The molecule has 2 heterocycles. The summed E-state index contributed by atoms with van der Waals surface area (Å²) in [6, 6.07) is 1.80. The Bertz CT molecular complexity index is 660. The molecule has 2 aliphatic heterocycles. The van der Waals surface area contributed by atoms with Crippen LogP contribution in [0.5, 0.6) is 0 Å². The fraction of sp³-hybridized carbons (Fsp3) is 0.200. The standard InChI is InChI=1S/C10H7F2NO4S/c11-6-1-4(5-3-16-10-8(5)17-10)2-7(12)9(6)18(13,14)15/h1-2,10H,3H2,(H2,13,14,15). The van der Waals surface area contributed by atoms with Crippen LogP contribution in [0.1, 0.15) is 5.56 Å². The van der Waals surface area contributed by atoms with E-state index in [1.54, 1.807) is 0 Å². The van der Waals surface area contributed by atoms with Crippen LogP contribution in [0.4, 0.5) is 8.78 Å². The predicted molar refractivity (Wildman–Crippen MR) is 55.5 cm³/mol. The fourth-order valence-corrected chi connectivity index (χ4v) is 2.53. The molecular weight excluding hydrogens is 268 g/mol. The largest absolute Gasteiger partial charge is 0.454 e. The number of hydrogen-bond donors (Lipinski definition) is 1. The van der Waals surface area contributed by atoms with E-state index in [1.807, 2.05) is 0 Å². The molecule has 2 N–H and O–H groups in total. The third-order valence-electron chi connectivity index (χ3n) is 2.70. The molecule has 96 valence electrons. The van der Waals surface area contributed by atoms with Gasteiger partial charge in [-0.15, -0.1) is 0 Å². The summed E-state index contributed by atoms with van der Waals surface area (Å²) in [6.07, 6.45) is -0.427. The molecule has 1 aromatic rings. The van der Waals surface area contributed by atoms with Crippen molar-refractivity contribution >= 4 is 15.6 Å². The molecule has 1 saturated heterocycles. The van der Waals surface area contributed by atoms with Gasteiger partial charge in [-0.1, -0.05) is 0 Å². The molecule has 0 aromatic heterocycles. The molecule has 0 radical (unpaired) electrons. The van der Waals surface area contributed by atoms with Gasteiger partial charge in [0.1, 0.15) is 11.6 Å². The smallest absolute Gasteiger partial charge is 0.259 e. The molecule has 1 atom stereocenters.